The van der Waals surface area contributed by atoms with Gasteiger partial charge in [0.05, 0.1) is 4.83 Å². The first-order chi connectivity index (χ1) is 13.1. The second-order valence-corrected chi connectivity index (χ2v) is 10.6. The van der Waals surface area contributed by atoms with Crippen LogP contribution in [0.1, 0.15) is 27.3 Å². The van der Waals surface area contributed by atoms with Gasteiger partial charge in [0.25, 0.3) is 0 Å². The molecule has 0 aliphatic heterocycles. The third kappa shape index (κ3) is 2.58. The number of fused-ring (bicyclic) bond motifs is 2. The van der Waals surface area contributed by atoms with Crippen molar-refractivity contribution in [2.24, 2.45) is 0 Å². The van der Waals surface area contributed by atoms with Crippen LogP contribution in [0.25, 0.3) is 31.3 Å². The van der Waals surface area contributed by atoms with Crippen molar-refractivity contribution < 1.29 is 4.79 Å². The zero-order valence-electron chi connectivity index (χ0n) is 15.0. The summed E-state index contributed by atoms with van der Waals surface area (Å²) in [5.41, 5.74) is 4.50. The maximum Gasteiger partial charge on any atom is 0.177 e. The fourth-order valence-corrected chi connectivity index (χ4v) is 6.92. The van der Waals surface area contributed by atoms with Crippen molar-refractivity contribution in [3.05, 3.63) is 69.4 Å². The monoisotopic (exact) mass is 452 g/mol. The van der Waals surface area contributed by atoms with E-state index in [4.69, 9.17) is 0 Å². The highest BCUT2D eigenvalue weighted by Crippen LogP contribution is 2.49. The standard InChI is InChI=1S/C23H17BrOS2/c1-12-20(14-7-3-5-9-18(14)26-12)16-11-17(24)23(25)22(16)21-13(2)27-19-10-6-4-8-15(19)21/h3-10,17H,11H2,1-2H3. The van der Waals surface area contributed by atoms with Gasteiger partial charge in [-0.25, -0.2) is 0 Å². The molecule has 0 saturated carbocycles. The lowest BCUT2D eigenvalue weighted by Crippen LogP contribution is -2.08. The predicted octanol–water partition coefficient (Wildman–Crippen LogP) is 7.38. The summed E-state index contributed by atoms with van der Waals surface area (Å²) in [4.78, 5) is 15.6. The molecule has 1 unspecified atom stereocenters. The Morgan fingerprint density at radius 1 is 0.852 bits per heavy atom. The molecule has 2 aromatic carbocycles. The predicted molar refractivity (Wildman–Crippen MR) is 122 cm³/mol. The Balaban J connectivity index is 1.88. The molecule has 134 valence electrons. The van der Waals surface area contributed by atoms with Gasteiger partial charge in [-0.15, -0.1) is 22.7 Å². The smallest absolute Gasteiger partial charge is 0.177 e. The minimum atomic E-state index is -0.140. The summed E-state index contributed by atoms with van der Waals surface area (Å²) in [5, 5.41) is 2.46. The number of halogens is 1. The minimum Gasteiger partial charge on any atom is -0.293 e. The fourth-order valence-electron chi connectivity index (χ4n) is 4.20. The molecule has 0 amide bonds. The number of benzene rings is 2. The van der Waals surface area contributed by atoms with Gasteiger partial charge in [0.15, 0.2) is 5.78 Å². The van der Waals surface area contributed by atoms with Crippen molar-refractivity contribution >= 4 is 75.7 Å². The molecule has 0 spiro atoms. The Morgan fingerprint density at radius 2 is 1.37 bits per heavy atom. The normalized spacial score (nSPS) is 17.6. The summed E-state index contributed by atoms with van der Waals surface area (Å²) >= 11 is 7.24. The van der Waals surface area contributed by atoms with E-state index < -0.39 is 0 Å². The SMILES string of the molecule is Cc1sc2ccccc2c1C1=C(c2c(C)sc3ccccc23)C(=O)C(Br)C1. The fraction of sp³-hybridized carbons (Fsp3) is 0.174. The summed E-state index contributed by atoms with van der Waals surface area (Å²) in [5.74, 6) is 0.214. The van der Waals surface area contributed by atoms with E-state index in [1.165, 1.54) is 41.1 Å². The number of hydrogen-bond acceptors (Lipinski definition) is 3. The molecule has 1 atom stereocenters. The number of alkyl halides is 1. The zero-order chi connectivity index (χ0) is 18.7. The van der Waals surface area contributed by atoms with E-state index in [0.29, 0.717) is 0 Å². The van der Waals surface area contributed by atoms with Crippen LogP contribution in [-0.2, 0) is 4.79 Å². The number of hydrogen-bond donors (Lipinski definition) is 0. The molecule has 4 aromatic rings. The molecule has 1 aliphatic rings. The molecular formula is C23H17BrOS2. The Hall–Kier alpha value is -1.75. The lowest BCUT2D eigenvalue weighted by molar-refractivity contribution is -0.112. The van der Waals surface area contributed by atoms with E-state index in [0.717, 1.165) is 17.6 Å². The van der Waals surface area contributed by atoms with Crippen LogP contribution < -0.4 is 0 Å². The van der Waals surface area contributed by atoms with Crippen LogP contribution >= 0.6 is 38.6 Å². The van der Waals surface area contributed by atoms with Gasteiger partial charge in [-0.3, -0.25) is 4.79 Å². The highest BCUT2D eigenvalue weighted by atomic mass is 79.9. The highest BCUT2D eigenvalue weighted by molar-refractivity contribution is 9.10. The van der Waals surface area contributed by atoms with Crippen molar-refractivity contribution in [1.29, 1.82) is 0 Å². The van der Waals surface area contributed by atoms with E-state index in [2.05, 4.69) is 78.3 Å². The van der Waals surface area contributed by atoms with Crippen LogP contribution in [0.4, 0.5) is 0 Å². The van der Waals surface area contributed by atoms with Crippen molar-refractivity contribution in [2.45, 2.75) is 25.1 Å². The Bertz CT molecular complexity index is 1260. The molecule has 0 saturated heterocycles. The lowest BCUT2D eigenvalue weighted by atomic mass is 9.93. The zero-order valence-corrected chi connectivity index (χ0v) is 18.2. The van der Waals surface area contributed by atoms with Gasteiger partial charge in [-0.2, -0.15) is 0 Å². The molecule has 0 bridgehead atoms. The molecule has 0 N–H and O–H groups in total. The first kappa shape index (κ1) is 17.4. The number of carbonyl (C=O) groups is 1. The number of thiophene rings is 2. The topological polar surface area (TPSA) is 17.1 Å². The number of rotatable bonds is 2. The first-order valence-corrected chi connectivity index (χ1v) is 11.5. The summed E-state index contributed by atoms with van der Waals surface area (Å²) < 4.78 is 2.53. The molecule has 4 heteroatoms. The maximum absolute atomic E-state index is 13.3. The number of carbonyl (C=O) groups excluding carboxylic acids is 1. The van der Waals surface area contributed by atoms with Crippen LogP contribution in [-0.4, -0.2) is 10.6 Å². The van der Waals surface area contributed by atoms with E-state index in [1.807, 2.05) is 11.3 Å². The summed E-state index contributed by atoms with van der Waals surface area (Å²) in [6, 6.07) is 17.0. The minimum absolute atomic E-state index is 0.140. The van der Waals surface area contributed by atoms with Crippen LogP contribution in [0, 0.1) is 13.8 Å². The van der Waals surface area contributed by atoms with E-state index in [1.54, 1.807) is 11.3 Å². The summed E-state index contributed by atoms with van der Waals surface area (Å²) in [6.45, 7) is 4.31. The average Bonchev–Trinajstić information content (AvgIpc) is 3.25. The molecule has 2 heterocycles. The Kier molecular flexibility index (Phi) is 4.12. The van der Waals surface area contributed by atoms with Crippen LogP contribution in [0.15, 0.2) is 48.5 Å². The van der Waals surface area contributed by atoms with E-state index >= 15 is 0 Å². The highest BCUT2D eigenvalue weighted by Gasteiger charge is 2.36. The molecule has 5 rings (SSSR count). The molecule has 0 fully saturated rings. The second kappa shape index (κ2) is 6.40. The third-order valence-corrected chi connectivity index (χ3v) is 8.22. The molecular weight excluding hydrogens is 436 g/mol. The van der Waals surface area contributed by atoms with Gasteiger partial charge in [0.1, 0.15) is 0 Å². The third-order valence-electron chi connectivity index (χ3n) is 5.31. The van der Waals surface area contributed by atoms with Crippen molar-refractivity contribution in [1.82, 2.24) is 0 Å². The number of Topliss-reactive ketones (excluding diaryl/α,β-unsaturated/α-hetero) is 1. The molecule has 27 heavy (non-hydrogen) atoms. The van der Waals surface area contributed by atoms with Crippen molar-refractivity contribution in [2.75, 3.05) is 0 Å². The quantitative estimate of drug-likeness (QED) is 0.290. The van der Waals surface area contributed by atoms with Gasteiger partial charge in [0, 0.05) is 41.1 Å². The lowest BCUT2D eigenvalue weighted by Gasteiger charge is -2.09. The molecule has 0 radical (unpaired) electrons. The van der Waals surface area contributed by atoms with Crippen LogP contribution in [0.5, 0.6) is 0 Å². The first-order valence-electron chi connectivity index (χ1n) is 8.94. The summed E-state index contributed by atoms with van der Waals surface area (Å²) in [7, 11) is 0. The summed E-state index contributed by atoms with van der Waals surface area (Å²) in [6.07, 6.45) is 0.749. The van der Waals surface area contributed by atoms with Crippen LogP contribution in [0.2, 0.25) is 0 Å². The Labute approximate surface area is 174 Å². The Morgan fingerprint density at radius 3 is 2.00 bits per heavy atom. The average molecular weight is 453 g/mol. The molecule has 1 aliphatic carbocycles. The van der Waals surface area contributed by atoms with E-state index in [-0.39, 0.29) is 10.6 Å². The number of aryl methyl sites for hydroxylation is 2. The van der Waals surface area contributed by atoms with Crippen molar-refractivity contribution in [3.63, 3.8) is 0 Å². The van der Waals surface area contributed by atoms with E-state index in [9.17, 15) is 4.79 Å². The maximum atomic E-state index is 13.3. The van der Waals surface area contributed by atoms with Gasteiger partial charge < -0.3 is 0 Å². The molecule has 2 aromatic heterocycles. The van der Waals surface area contributed by atoms with Gasteiger partial charge in [0.2, 0.25) is 0 Å². The molecule has 1 nitrogen and oxygen atoms in total. The van der Waals surface area contributed by atoms with Gasteiger partial charge >= 0.3 is 0 Å². The van der Waals surface area contributed by atoms with Crippen molar-refractivity contribution in [3.8, 4) is 0 Å². The van der Waals surface area contributed by atoms with Crippen LogP contribution in [0.3, 0.4) is 0 Å². The number of allylic oxidation sites excluding steroid dienone is 2. The number of ketones is 1. The largest absolute Gasteiger partial charge is 0.293 e. The van der Waals surface area contributed by atoms with Gasteiger partial charge in [-0.1, -0.05) is 52.3 Å². The van der Waals surface area contributed by atoms with Gasteiger partial charge in [-0.05, 0) is 43.5 Å². The second-order valence-electron chi connectivity index (χ2n) is 6.95.